The topological polar surface area (TPSA) is 64.4 Å². The number of benzene rings is 2. The van der Waals surface area contributed by atoms with Gasteiger partial charge in [-0.15, -0.1) is 0 Å². The van der Waals surface area contributed by atoms with E-state index in [0.717, 1.165) is 16.8 Å². The molecule has 1 aromatic heterocycles. The predicted molar refractivity (Wildman–Crippen MR) is 104 cm³/mol. The van der Waals surface area contributed by atoms with Crippen molar-refractivity contribution in [3.63, 3.8) is 0 Å². The molecule has 0 fully saturated rings. The number of carbonyl (C=O) groups excluding carboxylic acids is 1. The Morgan fingerprint density at radius 3 is 2.56 bits per heavy atom. The predicted octanol–water partition coefficient (Wildman–Crippen LogP) is 5.01. The Morgan fingerprint density at radius 2 is 1.89 bits per heavy atom. The number of nitrogens with zero attached hydrogens (tertiary/aromatic N) is 1. The third kappa shape index (κ3) is 4.49. The Labute approximate surface area is 163 Å². The first-order valence-electron chi connectivity index (χ1n) is 8.65. The molecule has 0 aliphatic rings. The molecule has 1 N–H and O–H groups in total. The fourth-order valence-corrected chi connectivity index (χ4v) is 2.87. The maximum Gasteiger partial charge on any atom is 0.255 e. The van der Waals surface area contributed by atoms with Crippen molar-refractivity contribution in [3.05, 3.63) is 81.7 Å². The number of hydrogen-bond acceptors (Lipinski definition) is 4. The Morgan fingerprint density at radius 1 is 1.19 bits per heavy atom. The molecule has 6 heteroatoms. The van der Waals surface area contributed by atoms with E-state index in [4.69, 9.17) is 20.9 Å². The number of aryl methyl sites for hydroxylation is 2. The Balaban J connectivity index is 1.72. The van der Waals surface area contributed by atoms with E-state index in [0.29, 0.717) is 22.1 Å². The van der Waals surface area contributed by atoms with Gasteiger partial charge in [0.25, 0.3) is 5.91 Å². The summed E-state index contributed by atoms with van der Waals surface area (Å²) in [4.78, 5) is 12.8. The molecule has 0 bridgehead atoms. The lowest BCUT2D eigenvalue weighted by molar-refractivity contribution is 0.0935. The van der Waals surface area contributed by atoms with Crippen molar-refractivity contribution in [2.24, 2.45) is 0 Å². The van der Waals surface area contributed by atoms with Crippen molar-refractivity contribution < 1.29 is 14.1 Å². The van der Waals surface area contributed by atoms with Crippen LogP contribution in [0.2, 0.25) is 5.02 Å². The summed E-state index contributed by atoms with van der Waals surface area (Å²) in [5.41, 5.74) is 3.12. The first-order valence-corrected chi connectivity index (χ1v) is 9.03. The van der Waals surface area contributed by atoms with E-state index in [1.807, 2.05) is 45.0 Å². The third-order valence-electron chi connectivity index (χ3n) is 4.40. The van der Waals surface area contributed by atoms with Crippen LogP contribution in [-0.4, -0.2) is 11.1 Å². The molecule has 1 heterocycles. The van der Waals surface area contributed by atoms with Gasteiger partial charge in [0.2, 0.25) is 0 Å². The number of amides is 1. The van der Waals surface area contributed by atoms with Crippen LogP contribution in [0.1, 0.15) is 45.9 Å². The highest BCUT2D eigenvalue weighted by Crippen LogP contribution is 2.23. The summed E-state index contributed by atoms with van der Waals surface area (Å²) in [6.45, 7) is 5.92. The zero-order valence-corrected chi connectivity index (χ0v) is 16.2. The van der Waals surface area contributed by atoms with Crippen LogP contribution >= 0.6 is 11.6 Å². The summed E-state index contributed by atoms with van der Waals surface area (Å²) in [6, 6.07) is 14.4. The van der Waals surface area contributed by atoms with Gasteiger partial charge in [-0.1, -0.05) is 41.0 Å². The zero-order chi connectivity index (χ0) is 19.4. The van der Waals surface area contributed by atoms with Gasteiger partial charge < -0.3 is 14.6 Å². The van der Waals surface area contributed by atoms with Crippen molar-refractivity contribution in [2.75, 3.05) is 0 Å². The quantitative estimate of drug-likeness (QED) is 0.648. The fourth-order valence-electron chi connectivity index (χ4n) is 2.75. The number of nitrogens with one attached hydrogen (secondary N) is 1. The lowest BCUT2D eigenvalue weighted by Gasteiger charge is -2.16. The third-order valence-corrected chi connectivity index (χ3v) is 4.65. The lowest BCUT2D eigenvalue weighted by Crippen LogP contribution is -2.27. The zero-order valence-electron chi connectivity index (χ0n) is 15.5. The summed E-state index contributed by atoms with van der Waals surface area (Å²) < 4.78 is 11.0. The second-order valence-electron chi connectivity index (χ2n) is 6.33. The van der Waals surface area contributed by atoms with Crippen LogP contribution in [0.4, 0.5) is 0 Å². The molecule has 1 amide bonds. The number of ether oxygens (including phenoxy) is 1. The first-order chi connectivity index (χ1) is 13.0. The summed E-state index contributed by atoms with van der Waals surface area (Å²) in [5.74, 6) is 1.02. The molecule has 0 aliphatic carbocycles. The Hall–Kier alpha value is -2.79. The largest absolute Gasteiger partial charge is 0.488 e. The van der Waals surface area contributed by atoms with Gasteiger partial charge in [-0.25, -0.2) is 0 Å². The molecule has 0 spiro atoms. The standard InChI is InChI=1S/C21H21ClN2O3/c1-13(16-8-10-17(22)11-9-16)23-21(25)18-6-4-5-7-20(18)26-12-19-14(2)24-27-15(19)3/h4-11,13H,12H2,1-3H3,(H,23,25)/t13-/m0/s1. The van der Waals surface area contributed by atoms with Gasteiger partial charge in [-0.3, -0.25) is 4.79 Å². The fraction of sp³-hybridized carbons (Fsp3) is 0.238. The number of aromatic nitrogens is 1. The van der Waals surface area contributed by atoms with Crippen LogP contribution in [0, 0.1) is 13.8 Å². The second-order valence-corrected chi connectivity index (χ2v) is 6.77. The summed E-state index contributed by atoms with van der Waals surface area (Å²) in [5, 5.41) is 7.58. The molecule has 0 radical (unpaired) electrons. The minimum Gasteiger partial charge on any atom is -0.488 e. The molecule has 0 aliphatic heterocycles. The molecule has 0 saturated carbocycles. The molecular formula is C21H21ClN2O3. The van der Waals surface area contributed by atoms with Crippen molar-refractivity contribution in [1.82, 2.24) is 10.5 Å². The highest BCUT2D eigenvalue weighted by atomic mass is 35.5. The van der Waals surface area contributed by atoms with Crippen LogP contribution in [0.15, 0.2) is 53.1 Å². The number of halogens is 1. The van der Waals surface area contributed by atoms with Gasteiger partial charge >= 0.3 is 0 Å². The molecule has 27 heavy (non-hydrogen) atoms. The maximum atomic E-state index is 12.8. The van der Waals surface area contributed by atoms with E-state index in [-0.39, 0.29) is 18.6 Å². The summed E-state index contributed by atoms with van der Waals surface area (Å²) in [7, 11) is 0. The summed E-state index contributed by atoms with van der Waals surface area (Å²) >= 11 is 5.92. The van der Waals surface area contributed by atoms with Crippen LogP contribution in [-0.2, 0) is 6.61 Å². The number of para-hydroxylation sites is 1. The van der Waals surface area contributed by atoms with E-state index in [1.165, 1.54) is 0 Å². The first kappa shape index (κ1) is 19.0. The van der Waals surface area contributed by atoms with Crippen LogP contribution in [0.25, 0.3) is 0 Å². The Kier molecular flexibility index (Phi) is 5.81. The summed E-state index contributed by atoms with van der Waals surface area (Å²) in [6.07, 6.45) is 0. The van der Waals surface area contributed by atoms with Crippen LogP contribution in [0.5, 0.6) is 5.75 Å². The Bertz CT molecular complexity index is 915. The molecular weight excluding hydrogens is 364 g/mol. The van der Waals surface area contributed by atoms with Gasteiger partial charge in [0.15, 0.2) is 0 Å². The molecule has 0 saturated heterocycles. The van der Waals surface area contributed by atoms with Gasteiger partial charge in [-0.05, 0) is 50.6 Å². The lowest BCUT2D eigenvalue weighted by atomic mass is 10.1. The monoisotopic (exact) mass is 384 g/mol. The van der Waals surface area contributed by atoms with Crippen molar-refractivity contribution in [2.45, 2.75) is 33.4 Å². The van der Waals surface area contributed by atoms with Gasteiger partial charge in [0.1, 0.15) is 18.1 Å². The van der Waals surface area contributed by atoms with Gasteiger partial charge in [0, 0.05) is 5.02 Å². The van der Waals surface area contributed by atoms with E-state index in [9.17, 15) is 4.79 Å². The maximum absolute atomic E-state index is 12.8. The highest BCUT2D eigenvalue weighted by molar-refractivity contribution is 6.30. The van der Waals surface area contributed by atoms with Gasteiger partial charge in [0.05, 0.1) is 22.9 Å². The molecule has 140 valence electrons. The molecule has 3 rings (SSSR count). The van der Waals surface area contributed by atoms with Crippen molar-refractivity contribution in [3.8, 4) is 5.75 Å². The van der Waals surface area contributed by atoms with E-state index in [1.54, 1.807) is 24.3 Å². The smallest absolute Gasteiger partial charge is 0.255 e. The minimum atomic E-state index is -0.202. The number of carbonyl (C=O) groups is 1. The highest BCUT2D eigenvalue weighted by Gasteiger charge is 2.17. The number of hydrogen-bond donors (Lipinski definition) is 1. The number of rotatable bonds is 6. The average molecular weight is 385 g/mol. The van der Waals surface area contributed by atoms with E-state index >= 15 is 0 Å². The molecule has 1 atom stereocenters. The van der Waals surface area contributed by atoms with Crippen LogP contribution < -0.4 is 10.1 Å². The average Bonchev–Trinajstić information content (AvgIpc) is 2.98. The normalized spacial score (nSPS) is 11.9. The van der Waals surface area contributed by atoms with Crippen LogP contribution in [0.3, 0.4) is 0 Å². The molecule has 2 aromatic carbocycles. The minimum absolute atomic E-state index is 0.162. The molecule has 5 nitrogen and oxygen atoms in total. The SMILES string of the molecule is Cc1noc(C)c1COc1ccccc1C(=O)N[C@@H](C)c1ccc(Cl)cc1. The van der Waals surface area contributed by atoms with Crippen molar-refractivity contribution in [1.29, 1.82) is 0 Å². The molecule has 3 aromatic rings. The second kappa shape index (κ2) is 8.27. The van der Waals surface area contributed by atoms with Crippen molar-refractivity contribution >= 4 is 17.5 Å². The van der Waals surface area contributed by atoms with E-state index in [2.05, 4.69) is 10.5 Å². The molecule has 0 unspecified atom stereocenters. The van der Waals surface area contributed by atoms with E-state index < -0.39 is 0 Å². The van der Waals surface area contributed by atoms with Gasteiger partial charge in [-0.2, -0.15) is 0 Å².